The Labute approximate surface area is 155 Å². The maximum atomic E-state index is 12.5. The minimum atomic E-state index is 0.245. The number of aromatic nitrogens is 1. The number of carbonyl (C=O) groups is 1. The molecule has 1 saturated heterocycles. The molecule has 3 rings (SSSR count). The predicted octanol–water partition coefficient (Wildman–Crippen LogP) is 3.65. The fourth-order valence-corrected chi connectivity index (χ4v) is 3.52. The summed E-state index contributed by atoms with van der Waals surface area (Å²) in [5.41, 5.74) is 1.03. The number of hydrogen-bond acceptors (Lipinski definition) is 4. The second-order valence-electron chi connectivity index (χ2n) is 7.34. The molecule has 5 nitrogen and oxygen atoms in total. The van der Waals surface area contributed by atoms with Gasteiger partial charge in [-0.25, -0.2) is 4.98 Å². The average Bonchev–Trinajstić information content (AvgIpc) is 3.11. The number of oxazole rings is 1. The number of likely N-dealkylation sites (tertiary alicyclic amines) is 1. The Morgan fingerprint density at radius 2 is 2.15 bits per heavy atom. The lowest BCUT2D eigenvalue weighted by atomic mass is 10.0. The third-order valence-electron chi connectivity index (χ3n) is 4.74. The van der Waals surface area contributed by atoms with Gasteiger partial charge in [-0.15, -0.1) is 0 Å². The summed E-state index contributed by atoms with van der Waals surface area (Å²) in [6.45, 7) is 6.02. The van der Waals surface area contributed by atoms with Gasteiger partial charge >= 0.3 is 0 Å². The molecule has 1 unspecified atom stereocenters. The first kappa shape index (κ1) is 18.6. The van der Waals surface area contributed by atoms with Crippen molar-refractivity contribution in [2.75, 3.05) is 13.1 Å². The lowest BCUT2D eigenvalue weighted by molar-refractivity contribution is -0.132. The van der Waals surface area contributed by atoms with Crippen LogP contribution in [0.15, 0.2) is 40.9 Å². The van der Waals surface area contributed by atoms with Gasteiger partial charge in [0.05, 0.1) is 6.20 Å². The zero-order valence-electron chi connectivity index (χ0n) is 15.8. The molecule has 1 aliphatic heterocycles. The second kappa shape index (κ2) is 8.99. The first-order valence-electron chi connectivity index (χ1n) is 9.66. The van der Waals surface area contributed by atoms with E-state index in [1.165, 1.54) is 0 Å². The van der Waals surface area contributed by atoms with E-state index in [9.17, 15) is 4.79 Å². The minimum Gasteiger partial charge on any atom is -0.441 e. The predicted molar refractivity (Wildman–Crippen MR) is 103 cm³/mol. The van der Waals surface area contributed by atoms with Gasteiger partial charge < -0.3 is 14.6 Å². The van der Waals surface area contributed by atoms with Gasteiger partial charge in [0.25, 0.3) is 0 Å². The van der Waals surface area contributed by atoms with E-state index in [4.69, 9.17) is 4.42 Å². The fourth-order valence-electron chi connectivity index (χ4n) is 3.52. The molecule has 0 saturated carbocycles. The van der Waals surface area contributed by atoms with Crippen LogP contribution in [0.5, 0.6) is 0 Å². The third kappa shape index (κ3) is 5.18. The maximum Gasteiger partial charge on any atom is 0.222 e. The highest BCUT2D eigenvalue weighted by Gasteiger charge is 2.23. The summed E-state index contributed by atoms with van der Waals surface area (Å²) in [7, 11) is 0. The zero-order valence-corrected chi connectivity index (χ0v) is 15.8. The van der Waals surface area contributed by atoms with Crippen LogP contribution in [0.2, 0.25) is 0 Å². The molecule has 26 heavy (non-hydrogen) atoms. The summed E-state index contributed by atoms with van der Waals surface area (Å²) in [6, 6.07) is 10.8. The average molecular weight is 355 g/mol. The van der Waals surface area contributed by atoms with Crippen LogP contribution < -0.4 is 5.32 Å². The number of amides is 1. The van der Waals surface area contributed by atoms with Gasteiger partial charge in [0.2, 0.25) is 5.91 Å². The summed E-state index contributed by atoms with van der Waals surface area (Å²) >= 11 is 0. The minimum absolute atomic E-state index is 0.245. The largest absolute Gasteiger partial charge is 0.441 e. The molecule has 0 radical (unpaired) electrons. The van der Waals surface area contributed by atoms with E-state index in [2.05, 4.69) is 24.1 Å². The van der Waals surface area contributed by atoms with Crippen LogP contribution in [-0.2, 0) is 11.2 Å². The van der Waals surface area contributed by atoms with Crippen LogP contribution in [0.4, 0.5) is 0 Å². The smallest absolute Gasteiger partial charge is 0.222 e. The van der Waals surface area contributed by atoms with Gasteiger partial charge in [-0.1, -0.05) is 44.2 Å². The Balaban J connectivity index is 1.44. The first-order valence-corrected chi connectivity index (χ1v) is 9.66. The number of rotatable bonds is 7. The summed E-state index contributed by atoms with van der Waals surface area (Å²) in [4.78, 5) is 18.8. The number of nitrogens with one attached hydrogen (secondary N) is 1. The molecule has 1 fully saturated rings. The van der Waals surface area contributed by atoms with Crippen LogP contribution in [-0.4, -0.2) is 41.0 Å². The zero-order chi connectivity index (χ0) is 18.4. The molecule has 1 atom stereocenters. The van der Waals surface area contributed by atoms with Crippen molar-refractivity contribution in [3.8, 4) is 11.3 Å². The topological polar surface area (TPSA) is 58.4 Å². The van der Waals surface area contributed by atoms with E-state index in [1.54, 1.807) is 6.20 Å². The van der Waals surface area contributed by atoms with Crippen molar-refractivity contribution in [1.82, 2.24) is 15.2 Å². The number of carbonyl (C=O) groups excluding carboxylic acids is 1. The van der Waals surface area contributed by atoms with Crippen molar-refractivity contribution < 1.29 is 9.21 Å². The Bertz CT molecular complexity index is 696. The highest BCUT2D eigenvalue weighted by Crippen LogP contribution is 2.20. The van der Waals surface area contributed by atoms with Crippen molar-refractivity contribution in [2.45, 2.75) is 58.0 Å². The van der Waals surface area contributed by atoms with Crippen molar-refractivity contribution >= 4 is 5.91 Å². The first-order chi connectivity index (χ1) is 12.6. The fraction of sp³-hybridized carbons (Fsp3) is 0.524. The lowest BCUT2D eigenvalue weighted by Crippen LogP contribution is -2.49. The molecule has 1 amide bonds. The van der Waals surface area contributed by atoms with Crippen LogP contribution >= 0.6 is 0 Å². The number of benzene rings is 1. The lowest BCUT2D eigenvalue weighted by Gasteiger charge is -2.34. The van der Waals surface area contributed by atoms with Gasteiger partial charge in [-0.3, -0.25) is 4.79 Å². The molecule has 5 heteroatoms. The van der Waals surface area contributed by atoms with E-state index >= 15 is 0 Å². The molecule has 1 aromatic carbocycles. The highest BCUT2D eigenvalue weighted by atomic mass is 16.4. The molecule has 140 valence electrons. The van der Waals surface area contributed by atoms with Crippen LogP contribution in [0.1, 0.15) is 45.4 Å². The van der Waals surface area contributed by atoms with Crippen LogP contribution in [0.3, 0.4) is 0 Å². The maximum absolute atomic E-state index is 12.5. The molecule has 1 aromatic heterocycles. The van der Waals surface area contributed by atoms with Crippen LogP contribution in [0, 0.1) is 0 Å². The van der Waals surface area contributed by atoms with Gasteiger partial charge in [0.15, 0.2) is 11.7 Å². The summed E-state index contributed by atoms with van der Waals surface area (Å²) in [6.07, 6.45) is 6.01. The van der Waals surface area contributed by atoms with Crippen molar-refractivity contribution in [1.29, 1.82) is 0 Å². The Morgan fingerprint density at radius 1 is 1.35 bits per heavy atom. The molecular formula is C21H29N3O2. The number of nitrogens with zero attached hydrogens (tertiary/aromatic N) is 2. The van der Waals surface area contributed by atoms with Gasteiger partial charge in [-0.2, -0.15) is 0 Å². The molecule has 2 heterocycles. The van der Waals surface area contributed by atoms with E-state index in [0.717, 1.165) is 43.7 Å². The number of aryl methyl sites for hydroxylation is 1. The second-order valence-corrected chi connectivity index (χ2v) is 7.34. The highest BCUT2D eigenvalue weighted by molar-refractivity contribution is 5.76. The van der Waals surface area contributed by atoms with E-state index < -0.39 is 0 Å². The molecule has 0 bridgehead atoms. The van der Waals surface area contributed by atoms with Crippen molar-refractivity contribution in [3.63, 3.8) is 0 Å². The van der Waals surface area contributed by atoms with Crippen molar-refractivity contribution in [2.24, 2.45) is 0 Å². The normalized spacial score (nSPS) is 17.7. The summed E-state index contributed by atoms with van der Waals surface area (Å²) < 4.78 is 5.81. The summed E-state index contributed by atoms with van der Waals surface area (Å²) in [5, 5.41) is 3.55. The molecule has 2 aromatic rings. The Morgan fingerprint density at radius 3 is 2.92 bits per heavy atom. The third-order valence-corrected chi connectivity index (χ3v) is 4.74. The molecule has 0 aliphatic carbocycles. The van der Waals surface area contributed by atoms with E-state index in [0.29, 0.717) is 30.8 Å². The van der Waals surface area contributed by atoms with Gasteiger partial charge in [-0.05, 0) is 19.3 Å². The number of piperidine rings is 1. The Kier molecular flexibility index (Phi) is 6.45. The monoisotopic (exact) mass is 355 g/mol. The number of hydrogen-bond donors (Lipinski definition) is 1. The molecule has 1 N–H and O–H groups in total. The van der Waals surface area contributed by atoms with Crippen LogP contribution in [0.25, 0.3) is 11.3 Å². The summed E-state index contributed by atoms with van der Waals surface area (Å²) in [5.74, 6) is 1.73. The van der Waals surface area contributed by atoms with E-state index in [-0.39, 0.29) is 5.91 Å². The quantitative estimate of drug-likeness (QED) is 0.823. The molecular weight excluding hydrogens is 326 g/mol. The van der Waals surface area contributed by atoms with E-state index in [1.807, 2.05) is 35.2 Å². The standard InChI is InChI=1S/C21H29N3O2/c1-16(2)23-18-10-7-13-24(15-18)21(25)12-6-11-20-22-14-19(26-20)17-8-4-3-5-9-17/h3-5,8-9,14,16,18,23H,6-7,10-13,15H2,1-2H3. The molecule has 0 spiro atoms. The Hall–Kier alpha value is -2.14. The SMILES string of the molecule is CC(C)NC1CCCN(C(=O)CCCc2ncc(-c3ccccc3)o2)C1. The van der Waals surface area contributed by atoms with Gasteiger partial charge in [0.1, 0.15) is 0 Å². The molecule has 1 aliphatic rings. The van der Waals surface area contributed by atoms with Gasteiger partial charge in [0, 0.05) is 43.6 Å². The van der Waals surface area contributed by atoms with Crippen molar-refractivity contribution in [3.05, 3.63) is 42.4 Å².